The molecular formula is C18H21NO. The molecule has 20 heavy (non-hydrogen) atoms. The fraction of sp³-hybridized carbons (Fsp3) is 0.333. The predicted molar refractivity (Wildman–Crippen MR) is 81.2 cm³/mol. The van der Waals surface area contributed by atoms with Gasteiger partial charge in [0, 0.05) is 12.6 Å². The van der Waals surface area contributed by atoms with Crippen LogP contribution in [0, 0.1) is 0 Å². The molecule has 1 N–H and O–H groups in total. The number of likely N-dealkylation sites (tertiary alicyclic amines) is 1. The van der Waals surface area contributed by atoms with Crippen LogP contribution in [0.25, 0.3) is 0 Å². The molecule has 2 nitrogen and oxygen atoms in total. The van der Waals surface area contributed by atoms with Crippen LogP contribution in [0.4, 0.5) is 0 Å². The second kappa shape index (κ2) is 6.21. The monoisotopic (exact) mass is 267 g/mol. The largest absolute Gasteiger partial charge is 0.392 e. The van der Waals surface area contributed by atoms with Gasteiger partial charge in [-0.15, -0.1) is 0 Å². The quantitative estimate of drug-likeness (QED) is 0.916. The Hall–Kier alpha value is -1.64. The Balaban J connectivity index is 1.72. The molecule has 2 aromatic rings. The molecule has 1 saturated heterocycles. The van der Waals surface area contributed by atoms with Gasteiger partial charge in [0.05, 0.1) is 6.61 Å². The molecule has 2 heteroatoms. The van der Waals surface area contributed by atoms with E-state index in [0.717, 1.165) is 12.1 Å². The second-order valence-electron chi connectivity index (χ2n) is 5.51. The molecule has 2 aromatic carbocycles. The van der Waals surface area contributed by atoms with Crippen molar-refractivity contribution in [3.05, 3.63) is 71.3 Å². The second-order valence-corrected chi connectivity index (χ2v) is 5.51. The van der Waals surface area contributed by atoms with Crippen LogP contribution in [0.1, 0.15) is 35.6 Å². The first-order valence-corrected chi connectivity index (χ1v) is 7.34. The number of benzene rings is 2. The Morgan fingerprint density at radius 2 is 1.65 bits per heavy atom. The SMILES string of the molecule is OCc1ccc(CN2CCCC2c2ccccc2)cc1. The molecule has 0 aromatic heterocycles. The number of aliphatic hydroxyl groups excluding tert-OH is 1. The lowest BCUT2D eigenvalue weighted by molar-refractivity contribution is 0.248. The Bertz CT molecular complexity index is 535. The Morgan fingerprint density at radius 1 is 0.950 bits per heavy atom. The van der Waals surface area contributed by atoms with Gasteiger partial charge in [-0.1, -0.05) is 54.6 Å². The van der Waals surface area contributed by atoms with Crippen molar-refractivity contribution < 1.29 is 5.11 Å². The van der Waals surface area contributed by atoms with Crippen molar-refractivity contribution in [2.75, 3.05) is 6.54 Å². The molecule has 1 atom stereocenters. The van der Waals surface area contributed by atoms with E-state index in [1.807, 2.05) is 12.1 Å². The third-order valence-electron chi connectivity index (χ3n) is 4.14. The number of aliphatic hydroxyl groups is 1. The third kappa shape index (κ3) is 2.92. The minimum Gasteiger partial charge on any atom is -0.392 e. The summed E-state index contributed by atoms with van der Waals surface area (Å²) in [5, 5.41) is 9.09. The van der Waals surface area contributed by atoms with Gasteiger partial charge in [0.15, 0.2) is 0 Å². The van der Waals surface area contributed by atoms with E-state index in [1.165, 1.54) is 30.5 Å². The van der Waals surface area contributed by atoms with Gasteiger partial charge in [-0.25, -0.2) is 0 Å². The van der Waals surface area contributed by atoms with E-state index in [9.17, 15) is 0 Å². The van der Waals surface area contributed by atoms with Gasteiger partial charge in [-0.3, -0.25) is 4.90 Å². The molecule has 1 aliphatic rings. The van der Waals surface area contributed by atoms with Gasteiger partial charge in [0.1, 0.15) is 0 Å². The summed E-state index contributed by atoms with van der Waals surface area (Å²) in [6, 6.07) is 19.6. The molecular weight excluding hydrogens is 246 g/mol. The van der Waals surface area contributed by atoms with Crippen LogP contribution in [0.2, 0.25) is 0 Å². The van der Waals surface area contributed by atoms with Crippen molar-refractivity contribution in [1.29, 1.82) is 0 Å². The summed E-state index contributed by atoms with van der Waals surface area (Å²) in [6.45, 7) is 2.28. The van der Waals surface area contributed by atoms with Crippen molar-refractivity contribution in [1.82, 2.24) is 4.90 Å². The highest BCUT2D eigenvalue weighted by Gasteiger charge is 2.25. The van der Waals surface area contributed by atoms with Crippen LogP contribution in [-0.4, -0.2) is 16.6 Å². The molecule has 0 bridgehead atoms. The summed E-state index contributed by atoms with van der Waals surface area (Å²) in [7, 11) is 0. The summed E-state index contributed by atoms with van der Waals surface area (Å²) in [5.41, 5.74) is 3.73. The maximum atomic E-state index is 9.09. The van der Waals surface area contributed by atoms with Crippen LogP contribution >= 0.6 is 0 Å². The van der Waals surface area contributed by atoms with E-state index in [2.05, 4.69) is 47.4 Å². The molecule has 1 fully saturated rings. The zero-order valence-electron chi connectivity index (χ0n) is 11.7. The Morgan fingerprint density at radius 3 is 2.35 bits per heavy atom. The molecule has 1 unspecified atom stereocenters. The Labute approximate surface area is 120 Å². The fourth-order valence-corrected chi connectivity index (χ4v) is 3.05. The average molecular weight is 267 g/mol. The van der Waals surface area contributed by atoms with Gasteiger partial charge in [0.2, 0.25) is 0 Å². The van der Waals surface area contributed by atoms with E-state index >= 15 is 0 Å². The number of hydrogen-bond donors (Lipinski definition) is 1. The standard InChI is InChI=1S/C18H21NO/c20-14-16-10-8-15(9-11-16)13-19-12-4-7-18(19)17-5-2-1-3-6-17/h1-3,5-6,8-11,18,20H,4,7,12-14H2. The van der Waals surface area contributed by atoms with Crippen LogP contribution < -0.4 is 0 Å². The van der Waals surface area contributed by atoms with Crippen molar-refractivity contribution in [2.24, 2.45) is 0 Å². The normalized spacial score (nSPS) is 19.4. The highest BCUT2D eigenvalue weighted by atomic mass is 16.3. The van der Waals surface area contributed by atoms with E-state index in [0.29, 0.717) is 6.04 Å². The van der Waals surface area contributed by atoms with Crippen LogP contribution in [-0.2, 0) is 13.2 Å². The highest BCUT2D eigenvalue weighted by molar-refractivity contribution is 5.24. The molecule has 1 aliphatic heterocycles. The third-order valence-corrected chi connectivity index (χ3v) is 4.14. The van der Waals surface area contributed by atoms with E-state index in [1.54, 1.807) is 0 Å². The van der Waals surface area contributed by atoms with Gasteiger partial charge < -0.3 is 5.11 Å². The zero-order valence-corrected chi connectivity index (χ0v) is 11.7. The van der Waals surface area contributed by atoms with E-state index < -0.39 is 0 Å². The lowest BCUT2D eigenvalue weighted by Crippen LogP contribution is -2.22. The summed E-state index contributed by atoms with van der Waals surface area (Å²) in [4.78, 5) is 2.56. The van der Waals surface area contributed by atoms with Crippen LogP contribution in [0.5, 0.6) is 0 Å². The maximum Gasteiger partial charge on any atom is 0.0681 e. The molecule has 3 rings (SSSR count). The van der Waals surface area contributed by atoms with Crippen molar-refractivity contribution >= 4 is 0 Å². The van der Waals surface area contributed by atoms with Crippen molar-refractivity contribution in [3.8, 4) is 0 Å². The van der Waals surface area contributed by atoms with Crippen LogP contribution in [0.15, 0.2) is 54.6 Å². The number of hydrogen-bond acceptors (Lipinski definition) is 2. The molecule has 0 radical (unpaired) electrons. The summed E-state index contributed by atoms with van der Waals surface area (Å²) >= 11 is 0. The van der Waals surface area contributed by atoms with Crippen molar-refractivity contribution in [2.45, 2.75) is 32.0 Å². The highest BCUT2D eigenvalue weighted by Crippen LogP contribution is 2.32. The van der Waals surface area contributed by atoms with Crippen LogP contribution in [0.3, 0.4) is 0 Å². The summed E-state index contributed by atoms with van der Waals surface area (Å²) < 4.78 is 0. The summed E-state index contributed by atoms with van der Waals surface area (Å²) in [6.07, 6.45) is 2.52. The molecule has 104 valence electrons. The lowest BCUT2D eigenvalue weighted by atomic mass is 10.0. The first-order valence-electron chi connectivity index (χ1n) is 7.34. The van der Waals surface area contributed by atoms with Gasteiger partial charge in [-0.2, -0.15) is 0 Å². The molecule has 0 amide bonds. The van der Waals surface area contributed by atoms with Gasteiger partial charge in [-0.05, 0) is 36.1 Å². The van der Waals surface area contributed by atoms with Crippen molar-refractivity contribution in [3.63, 3.8) is 0 Å². The number of nitrogens with zero attached hydrogens (tertiary/aromatic N) is 1. The zero-order chi connectivity index (χ0) is 13.8. The topological polar surface area (TPSA) is 23.5 Å². The lowest BCUT2D eigenvalue weighted by Gasteiger charge is -2.25. The van der Waals surface area contributed by atoms with Gasteiger partial charge in [0.25, 0.3) is 0 Å². The minimum absolute atomic E-state index is 0.122. The average Bonchev–Trinajstić information content (AvgIpc) is 2.97. The van der Waals surface area contributed by atoms with Gasteiger partial charge >= 0.3 is 0 Å². The number of rotatable bonds is 4. The maximum absolute atomic E-state index is 9.09. The van der Waals surface area contributed by atoms with E-state index in [4.69, 9.17) is 5.11 Å². The molecule has 0 saturated carbocycles. The smallest absolute Gasteiger partial charge is 0.0681 e. The minimum atomic E-state index is 0.122. The summed E-state index contributed by atoms with van der Waals surface area (Å²) in [5.74, 6) is 0. The molecule has 0 spiro atoms. The van der Waals surface area contributed by atoms with E-state index in [-0.39, 0.29) is 6.61 Å². The fourth-order valence-electron chi connectivity index (χ4n) is 3.05. The first kappa shape index (κ1) is 13.3. The molecule has 0 aliphatic carbocycles. The molecule has 1 heterocycles. The predicted octanol–water partition coefficient (Wildman–Crippen LogP) is 3.52. The Kier molecular flexibility index (Phi) is 4.14. The first-order chi connectivity index (χ1) is 9.86.